The van der Waals surface area contributed by atoms with Gasteiger partial charge in [0, 0.05) is 28.5 Å². The largest absolute Gasteiger partial charge is 0.493 e. The average Bonchev–Trinajstić information content (AvgIpc) is 2.82. The fourth-order valence-corrected chi connectivity index (χ4v) is 3.20. The van der Waals surface area contributed by atoms with Crippen molar-refractivity contribution in [3.05, 3.63) is 94.7 Å². The SMILES string of the molecule is COc1cc(C=Cc2ccccc2NC=CC(=O)c2ccc(Cl)cc2)cc(OC)c1OC. The lowest BCUT2D eigenvalue weighted by molar-refractivity contribution is 0.104. The number of methoxy groups -OCH3 is 3. The summed E-state index contributed by atoms with van der Waals surface area (Å²) in [6, 6.07) is 18.3. The summed E-state index contributed by atoms with van der Waals surface area (Å²) in [6.07, 6.45) is 7.04. The maximum atomic E-state index is 12.3. The molecule has 32 heavy (non-hydrogen) atoms. The Hall–Kier alpha value is -3.70. The van der Waals surface area contributed by atoms with Crippen LogP contribution in [0.15, 0.2) is 72.9 Å². The molecule has 0 aliphatic heterocycles. The molecule has 6 heteroatoms. The Morgan fingerprint density at radius 3 is 2.16 bits per heavy atom. The molecule has 0 aliphatic carbocycles. The molecule has 0 radical (unpaired) electrons. The van der Waals surface area contributed by atoms with Crippen molar-refractivity contribution in [1.29, 1.82) is 0 Å². The molecule has 0 heterocycles. The predicted octanol–water partition coefficient (Wildman–Crippen LogP) is 6.34. The Labute approximate surface area is 192 Å². The first-order chi connectivity index (χ1) is 15.5. The van der Waals surface area contributed by atoms with Gasteiger partial charge in [0.25, 0.3) is 0 Å². The second-order valence-corrected chi connectivity index (χ2v) is 7.16. The van der Waals surface area contributed by atoms with Crippen LogP contribution < -0.4 is 19.5 Å². The highest BCUT2D eigenvalue weighted by Crippen LogP contribution is 2.38. The van der Waals surface area contributed by atoms with Gasteiger partial charge in [-0.15, -0.1) is 0 Å². The molecule has 3 rings (SSSR count). The zero-order chi connectivity index (χ0) is 22.9. The van der Waals surface area contributed by atoms with E-state index in [1.807, 2.05) is 48.6 Å². The summed E-state index contributed by atoms with van der Waals surface area (Å²) in [5.74, 6) is 1.60. The first-order valence-electron chi connectivity index (χ1n) is 9.86. The third kappa shape index (κ3) is 5.71. The molecular weight excluding hydrogens is 426 g/mol. The predicted molar refractivity (Wildman–Crippen MR) is 130 cm³/mol. The van der Waals surface area contributed by atoms with Gasteiger partial charge in [-0.05, 0) is 53.6 Å². The highest BCUT2D eigenvalue weighted by Gasteiger charge is 2.12. The van der Waals surface area contributed by atoms with Crippen LogP contribution >= 0.6 is 11.6 Å². The van der Waals surface area contributed by atoms with Gasteiger partial charge in [-0.25, -0.2) is 0 Å². The Kier molecular flexibility index (Phi) is 7.95. The summed E-state index contributed by atoms with van der Waals surface area (Å²) in [5, 5.41) is 3.77. The second-order valence-electron chi connectivity index (χ2n) is 6.73. The van der Waals surface area contributed by atoms with E-state index < -0.39 is 0 Å². The van der Waals surface area contributed by atoms with Crippen molar-refractivity contribution < 1.29 is 19.0 Å². The fourth-order valence-electron chi connectivity index (χ4n) is 3.07. The minimum atomic E-state index is -0.111. The van der Waals surface area contributed by atoms with E-state index in [2.05, 4.69) is 5.32 Å². The number of hydrogen-bond donors (Lipinski definition) is 1. The summed E-state index contributed by atoms with van der Waals surface area (Å²) in [5.41, 5.74) is 3.27. The van der Waals surface area contributed by atoms with E-state index in [-0.39, 0.29) is 5.78 Å². The molecule has 5 nitrogen and oxygen atoms in total. The number of nitrogens with one attached hydrogen (secondary N) is 1. The summed E-state index contributed by atoms with van der Waals surface area (Å²) in [4.78, 5) is 12.3. The molecule has 3 aromatic carbocycles. The lowest BCUT2D eigenvalue weighted by Gasteiger charge is -2.13. The first-order valence-corrected chi connectivity index (χ1v) is 10.2. The number of carbonyl (C=O) groups excluding carboxylic acids is 1. The number of para-hydroxylation sites is 1. The molecule has 3 aromatic rings. The Balaban J connectivity index is 1.77. The third-order valence-electron chi connectivity index (χ3n) is 4.71. The van der Waals surface area contributed by atoms with Gasteiger partial charge in [0.1, 0.15) is 0 Å². The van der Waals surface area contributed by atoms with Crippen LogP contribution in [-0.4, -0.2) is 27.1 Å². The van der Waals surface area contributed by atoms with Gasteiger partial charge >= 0.3 is 0 Å². The van der Waals surface area contributed by atoms with Gasteiger partial charge in [0.2, 0.25) is 5.75 Å². The molecule has 1 N–H and O–H groups in total. The lowest BCUT2D eigenvalue weighted by Crippen LogP contribution is -1.97. The van der Waals surface area contributed by atoms with Crippen LogP contribution in [0.5, 0.6) is 17.2 Å². The molecule has 0 bridgehead atoms. The number of allylic oxidation sites excluding steroid dienone is 1. The summed E-state index contributed by atoms with van der Waals surface area (Å²) in [6.45, 7) is 0. The van der Waals surface area contributed by atoms with Gasteiger partial charge in [-0.1, -0.05) is 42.0 Å². The van der Waals surface area contributed by atoms with Crippen LogP contribution in [-0.2, 0) is 0 Å². The van der Waals surface area contributed by atoms with Crippen LogP contribution in [0.4, 0.5) is 5.69 Å². The smallest absolute Gasteiger partial charge is 0.203 e. The van der Waals surface area contributed by atoms with E-state index in [9.17, 15) is 4.79 Å². The quantitative estimate of drug-likeness (QED) is 0.234. The summed E-state index contributed by atoms with van der Waals surface area (Å²) >= 11 is 5.87. The number of halogens is 1. The third-order valence-corrected chi connectivity index (χ3v) is 4.96. The highest BCUT2D eigenvalue weighted by atomic mass is 35.5. The number of hydrogen-bond acceptors (Lipinski definition) is 5. The Bertz CT molecular complexity index is 1110. The van der Waals surface area contributed by atoms with Crippen molar-refractivity contribution in [2.24, 2.45) is 0 Å². The lowest BCUT2D eigenvalue weighted by atomic mass is 10.1. The molecule has 0 saturated carbocycles. The zero-order valence-electron chi connectivity index (χ0n) is 18.1. The van der Waals surface area contributed by atoms with Gasteiger partial charge in [0.05, 0.1) is 21.3 Å². The Morgan fingerprint density at radius 2 is 1.53 bits per heavy atom. The molecule has 0 unspecified atom stereocenters. The molecule has 0 saturated heterocycles. The van der Waals surface area contributed by atoms with E-state index >= 15 is 0 Å². The fraction of sp³-hybridized carbons (Fsp3) is 0.115. The van der Waals surface area contributed by atoms with Crippen molar-refractivity contribution in [3.63, 3.8) is 0 Å². The first kappa shape index (κ1) is 23.0. The standard InChI is InChI=1S/C26H24ClNO4/c1-30-24-16-18(17-25(31-2)26(24)32-3)8-9-19-6-4-5-7-22(19)28-15-14-23(29)20-10-12-21(27)13-11-20/h4-17,28H,1-3H3. The number of benzene rings is 3. The van der Waals surface area contributed by atoms with Gasteiger partial charge in [0.15, 0.2) is 17.3 Å². The second kappa shape index (κ2) is 11.1. The van der Waals surface area contributed by atoms with E-state index in [1.165, 1.54) is 6.08 Å². The summed E-state index contributed by atoms with van der Waals surface area (Å²) in [7, 11) is 4.74. The number of ketones is 1. The van der Waals surface area contributed by atoms with Crippen LogP contribution in [0.3, 0.4) is 0 Å². The van der Waals surface area contributed by atoms with Crippen molar-refractivity contribution in [2.75, 3.05) is 26.6 Å². The Morgan fingerprint density at radius 1 is 0.875 bits per heavy atom. The van der Waals surface area contributed by atoms with E-state index in [4.69, 9.17) is 25.8 Å². The van der Waals surface area contributed by atoms with Gasteiger partial charge in [-0.2, -0.15) is 0 Å². The minimum Gasteiger partial charge on any atom is -0.493 e. The maximum absolute atomic E-state index is 12.3. The van der Waals surface area contributed by atoms with E-state index in [1.54, 1.807) is 51.8 Å². The van der Waals surface area contributed by atoms with Crippen LogP contribution in [0.25, 0.3) is 12.2 Å². The average molecular weight is 450 g/mol. The maximum Gasteiger partial charge on any atom is 0.203 e. The monoisotopic (exact) mass is 449 g/mol. The van der Waals surface area contributed by atoms with Crippen molar-refractivity contribution in [2.45, 2.75) is 0 Å². The number of rotatable bonds is 9. The normalized spacial score (nSPS) is 11.0. The number of carbonyl (C=O) groups is 1. The highest BCUT2D eigenvalue weighted by molar-refractivity contribution is 6.30. The molecule has 0 spiro atoms. The van der Waals surface area contributed by atoms with Crippen LogP contribution in [0.2, 0.25) is 5.02 Å². The van der Waals surface area contributed by atoms with E-state index in [0.717, 1.165) is 16.8 Å². The molecule has 0 aromatic heterocycles. The van der Waals surface area contributed by atoms with E-state index in [0.29, 0.717) is 27.8 Å². The van der Waals surface area contributed by atoms with Crippen LogP contribution in [0, 0.1) is 0 Å². The minimum absolute atomic E-state index is 0.111. The number of ether oxygens (including phenoxy) is 3. The molecular formula is C26H24ClNO4. The molecule has 0 aliphatic rings. The van der Waals surface area contributed by atoms with Gasteiger partial charge in [-0.3, -0.25) is 4.79 Å². The van der Waals surface area contributed by atoms with Crippen molar-refractivity contribution in [3.8, 4) is 17.2 Å². The molecule has 0 amide bonds. The summed E-state index contributed by atoms with van der Waals surface area (Å²) < 4.78 is 16.2. The van der Waals surface area contributed by atoms with Crippen molar-refractivity contribution in [1.82, 2.24) is 0 Å². The van der Waals surface area contributed by atoms with Gasteiger partial charge < -0.3 is 19.5 Å². The number of anilines is 1. The molecule has 164 valence electrons. The zero-order valence-corrected chi connectivity index (χ0v) is 18.8. The molecule has 0 atom stereocenters. The molecule has 0 fully saturated rings. The topological polar surface area (TPSA) is 56.8 Å². The van der Waals surface area contributed by atoms with Crippen LogP contribution in [0.1, 0.15) is 21.5 Å². The van der Waals surface area contributed by atoms with Crippen molar-refractivity contribution >= 4 is 35.2 Å².